The van der Waals surface area contributed by atoms with Gasteiger partial charge in [0.05, 0.1) is 18.8 Å². The van der Waals surface area contributed by atoms with E-state index in [9.17, 15) is 0 Å². The van der Waals surface area contributed by atoms with Crippen LogP contribution in [0.4, 0.5) is 5.69 Å². The molecular formula is C16H23ClN2O. The molecule has 20 heavy (non-hydrogen) atoms. The van der Waals surface area contributed by atoms with E-state index in [1.807, 2.05) is 12.1 Å². The van der Waals surface area contributed by atoms with Gasteiger partial charge in [0.1, 0.15) is 0 Å². The highest BCUT2D eigenvalue weighted by Crippen LogP contribution is 2.34. The van der Waals surface area contributed by atoms with Crippen LogP contribution in [0.5, 0.6) is 0 Å². The Bertz CT molecular complexity index is 485. The van der Waals surface area contributed by atoms with Crippen molar-refractivity contribution in [2.24, 2.45) is 0 Å². The fourth-order valence-corrected chi connectivity index (χ4v) is 3.05. The first kappa shape index (κ1) is 14.2. The molecule has 2 aliphatic rings. The van der Waals surface area contributed by atoms with Gasteiger partial charge in [-0.1, -0.05) is 17.7 Å². The lowest BCUT2D eigenvalue weighted by molar-refractivity contribution is 0.0643. The molecule has 0 unspecified atom stereocenters. The van der Waals surface area contributed by atoms with E-state index in [0.717, 1.165) is 31.3 Å². The Hall–Kier alpha value is -0.770. The number of hydrogen-bond donors (Lipinski definition) is 1. The van der Waals surface area contributed by atoms with E-state index in [-0.39, 0.29) is 5.54 Å². The van der Waals surface area contributed by atoms with Gasteiger partial charge in [0, 0.05) is 35.4 Å². The topological polar surface area (TPSA) is 24.5 Å². The molecule has 1 heterocycles. The summed E-state index contributed by atoms with van der Waals surface area (Å²) in [7, 11) is 0. The van der Waals surface area contributed by atoms with Gasteiger partial charge >= 0.3 is 0 Å². The van der Waals surface area contributed by atoms with Crippen molar-refractivity contribution in [3.05, 3.63) is 28.8 Å². The predicted octanol–water partition coefficient (Wildman–Crippen LogP) is 3.21. The molecule has 0 bridgehead atoms. The Morgan fingerprint density at radius 1 is 1.40 bits per heavy atom. The zero-order chi connectivity index (χ0) is 14.2. The molecule has 1 aromatic rings. The van der Waals surface area contributed by atoms with Crippen molar-refractivity contribution in [3.8, 4) is 0 Å². The largest absolute Gasteiger partial charge is 0.377 e. The van der Waals surface area contributed by atoms with Crippen LogP contribution in [0.15, 0.2) is 18.2 Å². The molecular weight excluding hydrogens is 272 g/mol. The number of ether oxygens (including phenoxy) is 1. The normalized spacial score (nSPS) is 22.1. The molecule has 0 spiro atoms. The lowest BCUT2D eigenvalue weighted by Crippen LogP contribution is -2.53. The van der Waals surface area contributed by atoms with Crippen LogP contribution in [0.3, 0.4) is 0 Å². The van der Waals surface area contributed by atoms with Gasteiger partial charge < -0.3 is 15.0 Å². The molecule has 1 aromatic carbocycles. The van der Waals surface area contributed by atoms with Gasteiger partial charge in [-0.3, -0.25) is 0 Å². The molecule has 3 nitrogen and oxygen atoms in total. The molecule has 1 saturated carbocycles. The molecule has 1 aliphatic heterocycles. The van der Waals surface area contributed by atoms with E-state index < -0.39 is 0 Å². The summed E-state index contributed by atoms with van der Waals surface area (Å²) >= 11 is 6.45. The van der Waals surface area contributed by atoms with E-state index in [1.54, 1.807) is 0 Å². The summed E-state index contributed by atoms with van der Waals surface area (Å²) in [6.45, 7) is 7.77. The van der Waals surface area contributed by atoms with E-state index in [0.29, 0.717) is 6.04 Å². The van der Waals surface area contributed by atoms with Crippen LogP contribution in [0.1, 0.15) is 32.3 Å². The quantitative estimate of drug-likeness (QED) is 0.923. The molecule has 3 rings (SSSR count). The maximum atomic E-state index is 6.45. The highest BCUT2D eigenvalue weighted by molar-refractivity contribution is 6.31. The zero-order valence-corrected chi connectivity index (χ0v) is 13.0. The van der Waals surface area contributed by atoms with Gasteiger partial charge in [0.15, 0.2) is 0 Å². The van der Waals surface area contributed by atoms with E-state index in [2.05, 4.69) is 30.1 Å². The van der Waals surface area contributed by atoms with Crippen LogP contribution in [-0.2, 0) is 11.3 Å². The van der Waals surface area contributed by atoms with E-state index >= 15 is 0 Å². The molecule has 4 heteroatoms. The summed E-state index contributed by atoms with van der Waals surface area (Å²) in [6.07, 6.45) is 2.59. The summed E-state index contributed by atoms with van der Waals surface area (Å²) < 4.78 is 5.62. The first-order valence-electron chi connectivity index (χ1n) is 7.44. The molecule has 1 saturated heterocycles. The molecule has 2 fully saturated rings. The fraction of sp³-hybridized carbons (Fsp3) is 0.625. The minimum atomic E-state index is 0.0112. The highest BCUT2D eigenvalue weighted by Gasteiger charge is 2.32. The number of nitrogens with one attached hydrogen (secondary N) is 1. The van der Waals surface area contributed by atoms with Crippen molar-refractivity contribution in [2.75, 3.05) is 24.7 Å². The smallest absolute Gasteiger partial charge is 0.0694 e. The Kier molecular flexibility index (Phi) is 3.93. The van der Waals surface area contributed by atoms with Crippen molar-refractivity contribution in [2.45, 2.75) is 44.8 Å². The number of rotatable bonds is 4. The molecule has 0 aromatic heterocycles. The maximum Gasteiger partial charge on any atom is 0.0694 e. The third-order valence-corrected chi connectivity index (χ3v) is 4.53. The minimum absolute atomic E-state index is 0.0112. The number of morpholine rings is 1. The number of nitrogens with zero attached hydrogens (tertiary/aromatic N) is 1. The monoisotopic (exact) mass is 294 g/mol. The van der Waals surface area contributed by atoms with Crippen molar-refractivity contribution in [1.82, 2.24) is 5.32 Å². The van der Waals surface area contributed by atoms with E-state index in [4.69, 9.17) is 16.3 Å². The number of hydrogen-bond acceptors (Lipinski definition) is 3. The molecule has 110 valence electrons. The van der Waals surface area contributed by atoms with Crippen LogP contribution in [0.2, 0.25) is 5.02 Å². The van der Waals surface area contributed by atoms with Crippen LogP contribution in [0, 0.1) is 0 Å². The molecule has 1 aliphatic carbocycles. The first-order valence-corrected chi connectivity index (χ1v) is 7.82. The lowest BCUT2D eigenvalue weighted by atomic mass is 9.99. The second kappa shape index (κ2) is 5.55. The summed E-state index contributed by atoms with van der Waals surface area (Å²) in [6, 6.07) is 6.91. The number of benzene rings is 1. The Balaban J connectivity index is 1.88. The van der Waals surface area contributed by atoms with Crippen molar-refractivity contribution < 1.29 is 4.74 Å². The van der Waals surface area contributed by atoms with Crippen molar-refractivity contribution >= 4 is 17.3 Å². The Morgan fingerprint density at radius 2 is 2.20 bits per heavy atom. The van der Waals surface area contributed by atoms with Gasteiger partial charge in [-0.25, -0.2) is 0 Å². The van der Waals surface area contributed by atoms with Gasteiger partial charge in [0.2, 0.25) is 0 Å². The Morgan fingerprint density at radius 3 is 2.90 bits per heavy atom. The third kappa shape index (κ3) is 2.95. The second-order valence-electron chi connectivity index (χ2n) is 6.41. The average molecular weight is 295 g/mol. The molecule has 1 N–H and O–H groups in total. The van der Waals surface area contributed by atoms with Crippen LogP contribution in [0.25, 0.3) is 0 Å². The van der Waals surface area contributed by atoms with Crippen molar-refractivity contribution in [1.29, 1.82) is 0 Å². The standard InChI is InChI=1S/C16H23ClN2O/c1-16(2)11-20-9-8-19(16)15-5-3-4-14(17)13(15)10-18-12-6-7-12/h3-5,12,18H,6-11H2,1-2H3. The van der Waals surface area contributed by atoms with Gasteiger partial charge in [-0.15, -0.1) is 0 Å². The number of anilines is 1. The SMILES string of the molecule is CC1(C)COCCN1c1cccc(Cl)c1CNC1CC1. The summed E-state index contributed by atoms with van der Waals surface area (Å²) in [5.74, 6) is 0. The predicted molar refractivity (Wildman–Crippen MR) is 83.6 cm³/mol. The second-order valence-corrected chi connectivity index (χ2v) is 6.82. The molecule has 0 radical (unpaired) electrons. The van der Waals surface area contributed by atoms with Gasteiger partial charge in [-0.2, -0.15) is 0 Å². The number of halogens is 1. The minimum Gasteiger partial charge on any atom is -0.377 e. The molecule has 0 amide bonds. The van der Waals surface area contributed by atoms with Crippen LogP contribution < -0.4 is 10.2 Å². The molecule has 0 atom stereocenters. The zero-order valence-electron chi connectivity index (χ0n) is 12.3. The average Bonchev–Trinajstić information content (AvgIpc) is 3.21. The summed E-state index contributed by atoms with van der Waals surface area (Å²) in [5, 5.41) is 4.44. The third-order valence-electron chi connectivity index (χ3n) is 4.18. The van der Waals surface area contributed by atoms with Gasteiger partial charge in [-0.05, 0) is 38.8 Å². The lowest BCUT2D eigenvalue weighted by Gasteiger charge is -2.44. The highest BCUT2D eigenvalue weighted by atomic mass is 35.5. The van der Waals surface area contributed by atoms with Crippen molar-refractivity contribution in [3.63, 3.8) is 0 Å². The summed E-state index contributed by atoms with van der Waals surface area (Å²) in [5.41, 5.74) is 2.48. The fourth-order valence-electron chi connectivity index (χ4n) is 2.81. The maximum absolute atomic E-state index is 6.45. The Labute approximate surface area is 126 Å². The first-order chi connectivity index (χ1) is 9.58. The van der Waals surface area contributed by atoms with E-state index in [1.165, 1.54) is 24.1 Å². The van der Waals surface area contributed by atoms with Crippen LogP contribution >= 0.6 is 11.6 Å². The van der Waals surface area contributed by atoms with Crippen LogP contribution in [-0.4, -0.2) is 31.3 Å². The summed E-state index contributed by atoms with van der Waals surface area (Å²) in [4.78, 5) is 2.44. The van der Waals surface area contributed by atoms with Gasteiger partial charge in [0.25, 0.3) is 0 Å².